The number of rotatable bonds is 23. The van der Waals surface area contributed by atoms with E-state index in [9.17, 15) is 57.9 Å². The molecule has 2 amide bonds. The van der Waals surface area contributed by atoms with Gasteiger partial charge in [0.15, 0.2) is 17.7 Å². The normalized spacial score (nSPS) is 21.5. The molecule has 332 valence electrons. The minimum absolute atomic E-state index is 0.0288. The molecule has 0 saturated carbocycles. The lowest BCUT2D eigenvalue weighted by atomic mass is 9.87. The van der Waals surface area contributed by atoms with E-state index in [1.807, 2.05) is 19.9 Å². The smallest absolute Gasteiger partial charge is 0.386 e. The van der Waals surface area contributed by atoms with E-state index < -0.39 is 84.6 Å². The molecule has 0 aromatic carbocycles. The first-order valence-electron chi connectivity index (χ1n) is 17.6. The van der Waals surface area contributed by atoms with Gasteiger partial charge in [-0.25, -0.2) is 28.6 Å². The highest BCUT2D eigenvalue weighted by Gasteiger charge is 2.50. The summed E-state index contributed by atoms with van der Waals surface area (Å²) in [5, 5.41) is 26.3. The Morgan fingerprint density at radius 2 is 1.75 bits per heavy atom. The Hall–Kier alpha value is -2.96. The number of carbonyl (C=O) groups is 3. The molecule has 10 N–H and O–H groups in total. The maximum Gasteiger partial charge on any atom is 0.481 e. The number of carbonyl (C=O) groups excluding carboxylic acids is 3. The summed E-state index contributed by atoms with van der Waals surface area (Å²) in [7, 11) is -16.4. The maximum absolute atomic E-state index is 12.7. The number of fused-ring (bicyclic) bond motifs is 1. The van der Waals surface area contributed by atoms with E-state index >= 15 is 0 Å². The van der Waals surface area contributed by atoms with Crippen molar-refractivity contribution in [1.29, 1.82) is 0 Å². The van der Waals surface area contributed by atoms with Gasteiger partial charge in [0, 0.05) is 30.7 Å². The van der Waals surface area contributed by atoms with E-state index in [-0.39, 0.29) is 41.6 Å². The Bertz CT molecular complexity index is 2010. The molecular formula is C31H50N7O17P3S. The SMILES string of the molecule is C=C(CC=C(C)C(=O)SCCNC(=O)CCNC(=O)[C@H](O)C(C)(C)COP(=O)(O)OP(=O)(O)OC[C@H]1O[C@@H](n2cnc3c(N)ncnc32)C(O)[C@H]1OP(=O)(O)O)C(C)C. The number of phosphoric ester groups is 3. The molecule has 7 atom stereocenters. The van der Waals surface area contributed by atoms with Crippen molar-refractivity contribution < 1.29 is 80.5 Å². The molecule has 3 unspecified atom stereocenters. The van der Waals surface area contributed by atoms with Crippen LogP contribution < -0.4 is 16.4 Å². The number of nitrogens with two attached hydrogens (primary N) is 1. The molecule has 1 fully saturated rings. The van der Waals surface area contributed by atoms with Gasteiger partial charge in [0.25, 0.3) is 0 Å². The van der Waals surface area contributed by atoms with Crippen LogP contribution in [0.3, 0.4) is 0 Å². The zero-order chi connectivity index (χ0) is 44.5. The number of imidazole rings is 1. The highest BCUT2D eigenvalue weighted by Crippen LogP contribution is 2.61. The van der Waals surface area contributed by atoms with Crippen molar-refractivity contribution in [1.82, 2.24) is 30.2 Å². The molecule has 0 radical (unpaired) electrons. The average molecular weight is 918 g/mol. The van der Waals surface area contributed by atoms with Gasteiger partial charge in [-0.15, -0.1) is 0 Å². The zero-order valence-corrected chi connectivity index (χ0v) is 36.1. The molecule has 0 bridgehead atoms. The molecule has 59 heavy (non-hydrogen) atoms. The molecule has 0 spiro atoms. The molecule has 1 saturated heterocycles. The molecule has 24 nitrogen and oxygen atoms in total. The zero-order valence-electron chi connectivity index (χ0n) is 32.6. The maximum atomic E-state index is 12.7. The third-order valence-electron chi connectivity index (χ3n) is 8.54. The quantitative estimate of drug-likeness (QED) is 0.0327. The number of ether oxygens (including phenoxy) is 1. The minimum atomic E-state index is -5.58. The van der Waals surface area contributed by atoms with Crippen molar-refractivity contribution in [2.24, 2.45) is 11.3 Å². The highest BCUT2D eigenvalue weighted by atomic mass is 32.2. The molecule has 1 aliphatic heterocycles. The summed E-state index contributed by atoms with van der Waals surface area (Å²) in [6, 6.07) is 0. The predicted molar refractivity (Wildman–Crippen MR) is 209 cm³/mol. The second-order valence-corrected chi connectivity index (χ2v) is 19.4. The number of aliphatic hydroxyl groups excluding tert-OH is 2. The summed E-state index contributed by atoms with van der Waals surface area (Å²) in [5.41, 5.74) is 5.84. The molecule has 2 aromatic rings. The number of hydrogen-bond donors (Lipinski definition) is 9. The van der Waals surface area contributed by atoms with Crippen molar-refractivity contribution in [2.45, 2.75) is 78.1 Å². The number of phosphoric acid groups is 3. The number of aliphatic hydroxyl groups is 2. The standard InChI is InChI=1S/C31H50N7O17P3S/c1-17(2)18(3)7-8-19(4)30(43)59-12-11-33-21(39)9-10-34-28(42)25(41)31(5,6)14-52-58(49,50)55-57(47,48)51-13-20-24(54-56(44,45)46)23(40)29(53-20)38-16-37-22-26(32)35-15-36-27(22)38/h8,15-17,20,23-25,29,40-41H,3,7,9-14H2,1-2,4-6H3,(H,33,39)(H,34,42)(H,47,48)(H,49,50)(H2,32,35,36)(H2,44,45,46)/t20-,23?,24+,25+,29-/m1/s1. The summed E-state index contributed by atoms with van der Waals surface area (Å²) in [5.74, 6) is -0.868. The monoisotopic (exact) mass is 917 g/mol. The van der Waals surface area contributed by atoms with Gasteiger partial charge >= 0.3 is 23.5 Å². The first-order valence-corrected chi connectivity index (χ1v) is 23.1. The lowest BCUT2D eigenvalue weighted by molar-refractivity contribution is -0.137. The third kappa shape index (κ3) is 15.5. The van der Waals surface area contributed by atoms with E-state index in [2.05, 4.69) is 41.0 Å². The number of amides is 2. The molecule has 3 rings (SSSR count). The number of nitrogen functional groups attached to an aromatic ring is 1. The summed E-state index contributed by atoms with van der Waals surface area (Å²) in [6.45, 7) is 10.1. The number of thioether (sulfide) groups is 1. The number of hydrogen-bond acceptors (Lipinski definition) is 18. The predicted octanol–water partition coefficient (Wildman–Crippen LogP) is 1.21. The first kappa shape index (κ1) is 50.4. The fourth-order valence-corrected chi connectivity index (χ4v) is 8.52. The molecule has 0 aliphatic carbocycles. The Morgan fingerprint density at radius 3 is 2.39 bits per heavy atom. The van der Waals surface area contributed by atoms with Crippen LogP contribution in [0.25, 0.3) is 11.2 Å². The molecule has 2 aromatic heterocycles. The number of nitrogens with zero attached hydrogens (tertiary/aromatic N) is 4. The number of allylic oxidation sites excluding steroid dienone is 2. The third-order valence-corrected chi connectivity index (χ3v) is 12.6. The van der Waals surface area contributed by atoms with Crippen LogP contribution in [0, 0.1) is 11.3 Å². The molecule has 3 heterocycles. The van der Waals surface area contributed by atoms with Gasteiger partial charge in [-0.1, -0.05) is 57.7 Å². The molecule has 28 heteroatoms. The van der Waals surface area contributed by atoms with Crippen LogP contribution in [-0.4, -0.2) is 123 Å². The van der Waals surface area contributed by atoms with E-state index in [0.29, 0.717) is 23.7 Å². The van der Waals surface area contributed by atoms with Crippen LogP contribution in [0.15, 0.2) is 36.5 Å². The number of nitrogens with one attached hydrogen (secondary N) is 2. The minimum Gasteiger partial charge on any atom is -0.386 e. The second-order valence-electron chi connectivity index (χ2n) is 14.1. The Balaban J connectivity index is 1.46. The van der Waals surface area contributed by atoms with Gasteiger partial charge in [-0.3, -0.25) is 32.5 Å². The van der Waals surface area contributed by atoms with Crippen LogP contribution in [-0.2, 0) is 50.7 Å². The van der Waals surface area contributed by atoms with Crippen molar-refractivity contribution >= 4 is 69.1 Å². The van der Waals surface area contributed by atoms with Crippen LogP contribution >= 0.6 is 35.2 Å². The second kappa shape index (κ2) is 21.2. The summed E-state index contributed by atoms with van der Waals surface area (Å²) < 4.78 is 62.2. The highest BCUT2D eigenvalue weighted by molar-refractivity contribution is 8.14. The summed E-state index contributed by atoms with van der Waals surface area (Å²) in [4.78, 5) is 88.1. The van der Waals surface area contributed by atoms with Crippen molar-refractivity contribution in [3.8, 4) is 0 Å². The molecular weight excluding hydrogens is 867 g/mol. The van der Waals surface area contributed by atoms with Crippen LogP contribution in [0.2, 0.25) is 0 Å². The Kier molecular flexibility index (Phi) is 18.1. The fraction of sp³-hybridized carbons (Fsp3) is 0.613. The molecule has 1 aliphatic rings. The van der Waals surface area contributed by atoms with Crippen LogP contribution in [0.1, 0.15) is 53.7 Å². The van der Waals surface area contributed by atoms with E-state index in [4.69, 9.17) is 19.5 Å². The Morgan fingerprint density at radius 1 is 1.08 bits per heavy atom. The van der Waals surface area contributed by atoms with Crippen LogP contribution in [0.4, 0.5) is 5.82 Å². The summed E-state index contributed by atoms with van der Waals surface area (Å²) >= 11 is 1.04. The van der Waals surface area contributed by atoms with Gasteiger partial charge in [0.2, 0.25) is 16.9 Å². The lowest BCUT2D eigenvalue weighted by Crippen LogP contribution is -2.46. The van der Waals surface area contributed by atoms with Crippen molar-refractivity contribution in [3.05, 3.63) is 36.5 Å². The number of aromatic nitrogens is 4. The van der Waals surface area contributed by atoms with Crippen molar-refractivity contribution in [3.63, 3.8) is 0 Å². The largest absolute Gasteiger partial charge is 0.481 e. The van der Waals surface area contributed by atoms with Crippen molar-refractivity contribution in [2.75, 3.05) is 37.8 Å². The van der Waals surface area contributed by atoms with Gasteiger partial charge in [-0.2, -0.15) is 4.31 Å². The Labute approximate surface area is 342 Å². The van der Waals surface area contributed by atoms with Gasteiger partial charge in [0.05, 0.1) is 19.5 Å². The van der Waals surface area contributed by atoms with Crippen LogP contribution in [0.5, 0.6) is 0 Å². The first-order chi connectivity index (χ1) is 27.2. The summed E-state index contributed by atoms with van der Waals surface area (Å²) in [6.07, 6.45) is -4.54. The van der Waals surface area contributed by atoms with Gasteiger partial charge in [-0.05, 0) is 24.8 Å². The lowest BCUT2D eigenvalue weighted by Gasteiger charge is -2.30. The van der Waals surface area contributed by atoms with Gasteiger partial charge in [0.1, 0.15) is 36.3 Å². The van der Waals surface area contributed by atoms with E-state index in [1.165, 1.54) is 13.8 Å². The number of anilines is 1. The topological polar surface area (TPSA) is 364 Å². The fourth-order valence-electron chi connectivity index (χ4n) is 4.99. The average Bonchev–Trinajstić information content (AvgIpc) is 3.69. The van der Waals surface area contributed by atoms with Gasteiger partial charge < -0.3 is 50.9 Å². The van der Waals surface area contributed by atoms with E-state index in [0.717, 1.165) is 34.6 Å². The van der Waals surface area contributed by atoms with E-state index in [1.54, 1.807) is 6.92 Å².